The van der Waals surface area contributed by atoms with Crippen molar-refractivity contribution in [2.45, 2.75) is 23.8 Å². The molecule has 0 aromatic carbocycles. The summed E-state index contributed by atoms with van der Waals surface area (Å²) in [6.45, 7) is 0. The maximum Gasteiger partial charge on any atom is 0.397 e. The number of alkyl halides is 5. The van der Waals surface area contributed by atoms with E-state index in [0.717, 1.165) is 4.83 Å². The number of rotatable bonds is 0. The zero-order chi connectivity index (χ0) is 8.20. The molecule has 10 heavy (non-hydrogen) atoms. The van der Waals surface area contributed by atoms with Crippen molar-refractivity contribution in [1.29, 1.82) is 0 Å². The molecule has 0 N–H and O–H groups in total. The molecule has 1 aliphatic carbocycles. The lowest BCUT2D eigenvalue weighted by Crippen LogP contribution is -2.07. The first-order valence-electron chi connectivity index (χ1n) is 2.72. The Labute approximate surface area is 79.8 Å². The molecule has 0 heterocycles. The first kappa shape index (κ1) is 11.0. The smallest absolute Gasteiger partial charge is 0.170 e. The molecule has 0 nitrogen and oxygen atoms in total. The van der Waals surface area contributed by atoms with Crippen molar-refractivity contribution in [2.75, 3.05) is 4.43 Å². The Bertz CT molecular complexity index is 89.4. The predicted octanol–water partition coefficient (Wildman–Crippen LogP) is 3.53. The van der Waals surface area contributed by atoms with Gasteiger partial charge in [0.05, 0.1) is 4.43 Å². The molecular formula is C5H7BrF3I. The van der Waals surface area contributed by atoms with Crippen LogP contribution in [0.1, 0.15) is 12.8 Å². The van der Waals surface area contributed by atoms with Crippen LogP contribution in [-0.2, 0) is 0 Å². The van der Waals surface area contributed by atoms with Crippen molar-refractivity contribution in [1.82, 2.24) is 0 Å². The fourth-order valence-electron chi connectivity index (χ4n) is 0.0630. The summed E-state index contributed by atoms with van der Waals surface area (Å²) in [4.78, 5) is 0.896. The second kappa shape index (κ2) is 4.79. The minimum absolute atomic E-state index is 0.759. The number of hydrogen-bond donors (Lipinski definition) is 0. The van der Waals surface area contributed by atoms with Gasteiger partial charge in [-0.05, 0) is 12.8 Å². The second-order valence-corrected chi connectivity index (χ2v) is 3.98. The average molecular weight is 331 g/mol. The molecule has 0 aromatic heterocycles. The van der Waals surface area contributed by atoms with Crippen LogP contribution in [0.4, 0.5) is 13.2 Å². The third-order valence-electron chi connectivity index (χ3n) is 0.658. The fraction of sp³-hybridized carbons (Fsp3) is 1.00. The van der Waals surface area contributed by atoms with E-state index in [1.807, 2.05) is 0 Å². The second-order valence-electron chi connectivity index (χ2n) is 1.92. The summed E-state index contributed by atoms with van der Waals surface area (Å²) in [7, 11) is 0. The highest BCUT2D eigenvalue weighted by Crippen LogP contribution is 2.27. The zero-order valence-corrected chi connectivity index (χ0v) is 8.83. The minimum atomic E-state index is -3.97. The molecule has 0 aromatic rings. The molecule has 0 spiro atoms. The monoisotopic (exact) mass is 330 g/mol. The quantitative estimate of drug-likeness (QED) is 0.471. The Balaban J connectivity index is 0.000000172. The first-order valence-corrected chi connectivity index (χ1v) is 5.16. The van der Waals surface area contributed by atoms with Crippen LogP contribution in [0.15, 0.2) is 0 Å². The molecule has 1 fully saturated rings. The Morgan fingerprint density at radius 2 is 1.60 bits per heavy atom. The van der Waals surface area contributed by atoms with Crippen molar-refractivity contribution in [3.05, 3.63) is 0 Å². The molecule has 0 unspecified atom stereocenters. The van der Waals surface area contributed by atoms with Crippen LogP contribution in [0.5, 0.6) is 0 Å². The Morgan fingerprint density at radius 1 is 1.40 bits per heavy atom. The third-order valence-corrected chi connectivity index (χ3v) is 2.44. The van der Waals surface area contributed by atoms with E-state index in [1.54, 1.807) is 0 Å². The van der Waals surface area contributed by atoms with Gasteiger partial charge in [-0.15, -0.1) is 0 Å². The molecule has 0 bridgehead atoms. The molecule has 5 heteroatoms. The van der Waals surface area contributed by atoms with Crippen LogP contribution in [-0.4, -0.2) is 15.4 Å². The van der Waals surface area contributed by atoms with E-state index in [9.17, 15) is 13.2 Å². The summed E-state index contributed by atoms with van der Waals surface area (Å²) < 4.78 is 31.6. The van der Waals surface area contributed by atoms with Crippen LogP contribution in [0.2, 0.25) is 0 Å². The highest BCUT2D eigenvalue weighted by molar-refractivity contribution is 14.1. The van der Waals surface area contributed by atoms with Crippen molar-refractivity contribution in [3.8, 4) is 0 Å². The predicted molar refractivity (Wildman–Crippen MR) is 46.9 cm³/mol. The van der Waals surface area contributed by atoms with Crippen LogP contribution >= 0.6 is 38.5 Å². The summed E-state index contributed by atoms with van der Waals surface area (Å²) in [5.41, 5.74) is 0. The highest BCUT2D eigenvalue weighted by atomic mass is 127. The van der Waals surface area contributed by atoms with E-state index in [1.165, 1.54) is 35.4 Å². The van der Waals surface area contributed by atoms with Gasteiger partial charge >= 0.3 is 6.18 Å². The maximum atomic E-state index is 10.8. The van der Waals surface area contributed by atoms with Crippen LogP contribution in [0, 0.1) is 0 Å². The SMILES string of the molecule is BrC1CC1.FC(F)(F)CI. The van der Waals surface area contributed by atoms with E-state index >= 15 is 0 Å². The molecule has 0 saturated heterocycles. The Kier molecular flexibility index (Phi) is 5.27. The summed E-state index contributed by atoms with van der Waals surface area (Å²) in [5.74, 6) is 0. The van der Waals surface area contributed by atoms with Crippen LogP contribution in [0.3, 0.4) is 0 Å². The molecule has 1 rings (SSSR count). The lowest BCUT2D eigenvalue weighted by Gasteiger charge is -1.95. The summed E-state index contributed by atoms with van der Waals surface area (Å²) in [6.07, 6.45) is -1.17. The standard InChI is InChI=1S/C3H5Br.C2H2F3I/c4-3-1-2-3;3-2(4,5)1-6/h3H,1-2H2;1H2. The van der Waals surface area contributed by atoms with Gasteiger partial charge in [-0.2, -0.15) is 13.2 Å². The zero-order valence-electron chi connectivity index (χ0n) is 5.09. The van der Waals surface area contributed by atoms with E-state index in [-0.39, 0.29) is 0 Å². The first-order chi connectivity index (χ1) is 4.45. The molecule has 0 atom stereocenters. The minimum Gasteiger partial charge on any atom is -0.170 e. The molecule has 62 valence electrons. The van der Waals surface area contributed by atoms with Gasteiger partial charge < -0.3 is 0 Å². The van der Waals surface area contributed by atoms with Crippen LogP contribution < -0.4 is 0 Å². The number of hydrogen-bond acceptors (Lipinski definition) is 0. The summed E-state index contributed by atoms with van der Waals surface area (Å²) in [6, 6.07) is 0. The Hall–Kier alpha value is 1.00. The van der Waals surface area contributed by atoms with Gasteiger partial charge in [0.2, 0.25) is 0 Å². The van der Waals surface area contributed by atoms with Crippen molar-refractivity contribution >= 4 is 38.5 Å². The van der Waals surface area contributed by atoms with Crippen molar-refractivity contribution < 1.29 is 13.2 Å². The number of halogens is 5. The lowest BCUT2D eigenvalue weighted by molar-refractivity contribution is -0.102. The largest absolute Gasteiger partial charge is 0.397 e. The average Bonchev–Trinajstić information content (AvgIpc) is 2.51. The van der Waals surface area contributed by atoms with E-state index in [2.05, 4.69) is 15.9 Å². The third kappa shape index (κ3) is 11.8. The fourth-order valence-corrected chi connectivity index (χ4v) is 0.327. The molecule has 0 aliphatic heterocycles. The van der Waals surface area contributed by atoms with E-state index in [4.69, 9.17) is 0 Å². The molecule has 0 amide bonds. The van der Waals surface area contributed by atoms with Crippen LogP contribution in [0.25, 0.3) is 0 Å². The molecule has 1 saturated carbocycles. The van der Waals surface area contributed by atoms with Gasteiger partial charge in [0.15, 0.2) is 0 Å². The van der Waals surface area contributed by atoms with Crippen molar-refractivity contribution in [3.63, 3.8) is 0 Å². The molecule has 1 aliphatic rings. The highest BCUT2D eigenvalue weighted by Gasteiger charge is 2.23. The van der Waals surface area contributed by atoms with Gasteiger partial charge in [-0.25, -0.2) is 0 Å². The molecule has 0 radical (unpaired) electrons. The van der Waals surface area contributed by atoms with E-state index < -0.39 is 10.6 Å². The van der Waals surface area contributed by atoms with Gasteiger partial charge in [0.25, 0.3) is 0 Å². The van der Waals surface area contributed by atoms with E-state index in [0.29, 0.717) is 0 Å². The normalized spacial score (nSPS) is 17.7. The van der Waals surface area contributed by atoms with Crippen molar-refractivity contribution in [2.24, 2.45) is 0 Å². The Morgan fingerprint density at radius 3 is 1.60 bits per heavy atom. The summed E-state index contributed by atoms with van der Waals surface area (Å²) >= 11 is 4.65. The lowest BCUT2D eigenvalue weighted by atomic mass is 10.8. The topological polar surface area (TPSA) is 0 Å². The maximum absolute atomic E-state index is 10.8. The molecular weight excluding hydrogens is 324 g/mol. The van der Waals surface area contributed by atoms with Gasteiger partial charge in [-0.1, -0.05) is 38.5 Å². The van der Waals surface area contributed by atoms with Gasteiger partial charge in [0, 0.05) is 4.83 Å². The summed E-state index contributed by atoms with van der Waals surface area (Å²) in [5, 5.41) is 0. The van der Waals surface area contributed by atoms with Gasteiger partial charge in [-0.3, -0.25) is 0 Å². The van der Waals surface area contributed by atoms with Gasteiger partial charge in [0.1, 0.15) is 0 Å².